The number of nitriles is 1. The molecular weight excluding hydrogens is 468 g/mol. The summed E-state index contributed by atoms with van der Waals surface area (Å²) in [4.78, 5) is 27.4. The highest BCUT2D eigenvalue weighted by atomic mass is 16.6. The minimum absolute atomic E-state index is 0.0149. The number of rotatable bonds is 8. The Morgan fingerprint density at radius 1 is 0.973 bits per heavy atom. The molecule has 1 amide bonds. The third kappa shape index (κ3) is 6.63. The summed E-state index contributed by atoms with van der Waals surface area (Å²) < 4.78 is 16.4. The highest BCUT2D eigenvalue weighted by molar-refractivity contribution is 6.01. The maximum Gasteiger partial charge on any atom is 0.343 e. The molecule has 0 aromatic heterocycles. The summed E-state index contributed by atoms with van der Waals surface area (Å²) in [5, 5.41) is 9.56. The van der Waals surface area contributed by atoms with Gasteiger partial charge in [-0.25, -0.2) is 4.79 Å². The number of methoxy groups -OCH3 is 1. The van der Waals surface area contributed by atoms with Gasteiger partial charge in [0.15, 0.2) is 11.5 Å². The van der Waals surface area contributed by atoms with Crippen LogP contribution < -0.4 is 9.47 Å². The lowest BCUT2D eigenvalue weighted by Crippen LogP contribution is -2.41. The van der Waals surface area contributed by atoms with Gasteiger partial charge in [-0.1, -0.05) is 54.6 Å². The Morgan fingerprint density at radius 3 is 2.43 bits per heavy atom. The molecule has 3 aromatic carbocycles. The van der Waals surface area contributed by atoms with E-state index in [1.807, 2.05) is 42.5 Å². The molecule has 1 aliphatic rings. The first-order chi connectivity index (χ1) is 18.1. The van der Waals surface area contributed by atoms with Crippen molar-refractivity contribution in [2.45, 2.75) is 12.8 Å². The molecule has 4 rings (SSSR count). The van der Waals surface area contributed by atoms with Gasteiger partial charge in [0.1, 0.15) is 11.6 Å². The highest BCUT2D eigenvalue weighted by Gasteiger charge is 2.21. The van der Waals surface area contributed by atoms with Crippen molar-refractivity contribution < 1.29 is 23.8 Å². The summed E-state index contributed by atoms with van der Waals surface area (Å²) in [6.07, 6.45) is 3.01. The molecule has 0 saturated carbocycles. The zero-order valence-electron chi connectivity index (χ0n) is 20.7. The van der Waals surface area contributed by atoms with Crippen LogP contribution in [-0.2, 0) is 22.4 Å². The average molecular weight is 497 g/mol. The second-order valence-electron chi connectivity index (χ2n) is 8.52. The van der Waals surface area contributed by atoms with Gasteiger partial charge in [-0.15, -0.1) is 0 Å². The molecule has 1 heterocycles. The van der Waals surface area contributed by atoms with Gasteiger partial charge in [0, 0.05) is 13.1 Å². The smallest absolute Gasteiger partial charge is 0.343 e. The summed E-state index contributed by atoms with van der Waals surface area (Å²) in [5.74, 6) is -0.252. The Morgan fingerprint density at radius 2 is 1.70 bits per heavy atom. The quantitative estimate of drug-likeness (QED) is 0.198. The summed E-state index contributed by atoms with van der Waals surface area (Å²) in [5.41, 5.74) is 3.18. The molecule has 7 nitrogen and oxygen atoms in total. The van der Waals surface area contributed by atoms with Gasteiger partial charge < -0.3 is 19.1 Å². The molecule has 188 valence electrons. The molecule has 0 unspecified atom stereocenters. The number of amides is 1. The number of aryl methyl sites for hydroxylation is 2. The average Bonchev–Trinajstić information content (AvgIpc) is 2.96. The minimum atomic E-state index is -0.481. The molecule has 0 spiro atoms. The summed E-state index contributed by atoms with van der Waals surface area (Å²) in [6, 6.07) is 24.4. The Hall–Kier alpha value is -4.41. The van der Waals surface area contributed by atoms with Crippen LogP contribution in [0.25, 0.3) is 6.08 Å². The second-order valence-corrected chi connectivity index (χ2v) is 8.52. The standard InChI is InChI=1S/C30H28N2O5/c1-35-28-20-23(19-25(21-31)29(33)32-15-17-36-18-16-32)12-14-27(28)37-30(34)26-10-6-5-9-24(26)13-11-22-7-3-2-4-8-22/h2-10,12,14,19-20H,11,13,15-18H2,1H3/b25-19+. The summed E-state index contributed by atoms with van der Waals surface area (Å²) in [7, 11) is 1.47. The van der Waals surface area contributed by atoms with E-state index in [4.69, 9.17) is 14.2 Å². The van der Waals surface area contributed by atoms with Crippen LogP contribution in [0, 0.1) is 11.3 Å². The first kappa shape index (κ1) is 25.7. The lowest BCUT2D eigenvalue weighted by Gasteiger charge is -2.26. The van der Waals surface area contributed by atoms with Crippen LogP contribution in [0.1, 0.15) is 27.0 Å². The summed E-state index contributed by atoms with van der Waals surface area (Å²) in [6.45, 7) is 1.80. The van der Waals surface area contributed by atoms with Crippen LogP contribution in [0.15, 0.2) is 78.4 Å². The van der Waals surface area contributed by atoms with Crippen molar-refractivity contribution in [3.8, 4) is 17.6 Å². The molecule has 3 aromatic rings. The van der Waals surface area contributed by atoms with Gasteiger partial charge in [-0.2, -0.15) is 5.26 Å². The first-order valence-corrected chi connectivity index (χ1v) is 12.1. The topological polar surface area (TPSA) is 88.9 Å². The fraction of sp³-hybridized carbons (Fsp3) is 0.233. The number of morpholine rings is 1. The normalized spacial score (nSPS) is 13.5. The number of nitrogens with zero attached hydrogens (tertiary/aromatic N) is 2. The maximum atomic E-state index is 13.1. The Labute approximate surface area is 216 Å². The predicted octanol–water partition coefficient (Wildman–Crippen LogP) is 4.47. The summed E-state index contributed by atoms with van der Waals surface area (Å²) >= 11 is 0. The first-order valence-electron chi connectivity index (χ1n) is 12.1. The lowest BCUT2D eigenvalue weighted by atomic mass is 10.00. The number of esters is 1. The van der Waals surface area contributed by atoms with Crippen LogP contribution in [0.5, 0.6) is 11.5 Å². The van der Waals surface area contributed by atoms with E-state index in [9.17, 15) is 14.9 Å². The zero-order chi connectivity index (χ0) is 26.0. The number of ether oxygens (including phenoxy) is 3. The fourth-order valence-electron chi connectivity index (χ4n) is 4.12. The minimum Gasteiger partial charge on any atom is -0.493 e. The van der Waals surface area contributed by atoms with Gasteiger partial charge in [0.25, 0.3) is 5.91 Å². The molecule has 1 fully saturated rings. The predicted molar refractivity (Wildman–Crippen MR) is 139 cm³/mol. The van der Waals surface area contributed by atoms with Gasteiger partial charge in [0.05, 0.1) is 25.9 Å². The number of benzene rings is 3. The molecule has 7 heteroatoms. The Bertz CT molecular complexity index is 1320. The van der Waals surface area contributed by atoms with Crippen LogP contribution in [0.2, 0.25) is 0 Å². The van der Waals surface area contributed by atoms with Crippen molar-refractivity contribution in [1.82, 2.24) is 4.90 Å². The molecule has 0 aliphatic carbocycles. The van der Waals surface area contributed by atoms with E-state index in [-0.39, 0.29) is 17.2 Å². The Kier molecular flexibility index (Phi) is 8.69. The Balaban J connectivity index is 1.50. The van der Waals surface area contributed by atoms with Crippen LogP contribution in [0.3, 0.4) is 0 Å². The molecule has 1 saturated heterocycles. The fourth-order valence-corrected chi connectivity index (χ4v) is 4.12. The molecular formula is C30H28N2O5. The van der Waals surface area contributed by atoms with Crippen molar-refractivity contribution in [3.63, 3.8) is 0 Å². The SMILES string of the molecule is COc1cc(/C=C(\C#N)C(=O)N2CCOCC2)ccc1OC(=O)c1ccccc1CCc1ccccc1. The number of hydrogen-bond acceptors (Lipinski definition) is 6. The van der Waals surface area contributed by atoms with Crippen LogP contribution in [0.4, 0.5) is 0 Å². The van der Waals surface area contributed by atoms with Gasteiger partial charge in [-0.05, 0) is 53.8 Å². The van der Waals surface area contributed by atoms with Crippen molar-refractivity contribution >= 4 is 18.0 Å². The van der Waals surface area contributed by atoms with Gasteiger partial charge >= 0.3 is 5.97 Å². The maximum absolute atomic E-state index is 13.1. The zero-order valence-corrected chi connectivity index (χ0v) is 20.7. The molecule has 0 atom stereocenters. The van der Waals surface area contributed by atoms with Gasteiger partial charge in [-0.3, -0.25) is 4.79 Å². The van der Waals surface area contributed by atoms with Gasteiger partial charge in [0.2, 0.25) is 0 Å². The molecule has 37 heavy (non-hydrogen) atoms. The van der Waals surface area contributed by atoms with E-state index < -0.39 is 5.97 Å². The monoisotopic (exact) mass is 496 g/mol. The number of hydrogen-bond donors (Lipinski definition) is 0. The van der Waals surface area contributed by atoms with E-state index in [0.29, 0.717) is 49.6 Å². The van der Waals surface area contributed by atoms with Crippen LogP contribution >= 0.6 is 0 Å². The number of carbonyl (C=O) groups is 2. The highest BCUT2D eigenvalue weighted by Crippen LogP contribution is 2.30. The molecule has 1 aliphatic heterocycles. The van der Waals surface area contributed by atoms with Crippen LogP contribution in [-0.4, -0.2) is 50.2 Å². The van der Waals surface area contributed by atoms with E-state index in [2.05, 4.69) is 12.1 Å². The third-order valence-corrected chi connectivity index (χ3v) is 6.11. The van der Waals surface area contributed by atoms with E-state index in [1.165, 1.54) is 18.7 Å². The van der Waals surface area contributed by atoms with Crippen molar-refractivity contribution in [1.29, 1.82) is 5.26 Å². The van der Waals surface area contributed by atoms with E-state index >= 15 is 0 Å². The van der Waals surface area contributed by atoms with Crippen molar-refractivity contribution in [2.24, 2.45) is 0 Å². The molecule has 0 radical (unpaired) electrons. The number of carbonyl (C=O) groups excluding carboxylic acids is 2. The molecule has 0 bridgehead atoms. The lowest BCUT2D eigenvalue weighted by molar-refractivity contribution is -0.130. The van der Waals surface area contributed by atoms with E-state index in [1.54, 1.807) is 29.2 Å². The second kappa shape index (κ2) is 12.5. The molecule has 0 N–H and O–H groups in total. The van der Waals surface area contributed by atoms with Crippen molar-refractivity contribution in [2.75, 3.05) is 33.4 Å². The van der Waals surface area contributed by atoms with Crippen molar-refractivity contribution in [3.05, 3.63) is 101 Å². The largest absolute Gasteiger partial charge is 0.493 e. The van der Waals surface area contributed by atoms with E-state index in [0.717, 1.165) is 12.0 Å². The third-order valence-electron chi connectivity index (χ3n) is 6.11.